The van der Waals surface area contributed by atoms with E-state index in [2.05, 4.69) is 32.8 Å². The maximum absolute atomic E-state index is 5.54. The van der Waals surface area contributed by atoms with E-state index in [0.29, 0.717) is 5.82 Å². The fraction of sp³-hybridized carbons (Fsp3) is 0.300. The number of anilines is 1. The van der Waals surface area contributed by atoms with E-state index >= 15 is 0 Å². The van der Waals surface area contributed by atoms with Crippen LogP contribution in [0.5, 0.6) is 0 Å². The SMILES string of the molecule is Cc1ccc(N)nc1C#CCCBr. The summed E-state index contributed by atoms with van der Waals surface area (Å²) >= 11 is 3.31. The van der Waals surface area contributed by atoms with Crippen molar-refractivity contribution in [3.63, 3.8) is 0 Å². The summed E-state index contributed by atoms with van der Waals surface area (Å²) in [4.78, 5) is 4.13. The number of hydrogen-bond donors (Lipinski definition) is 1. The minimum atomic E-state index is 0.522. The van der Waals surface area contributed by atoms with Gasteiger partial charge in [-0.25, -0.2) is 4.98 Å². The Kier molecular flexibility index (Phi) is 3.78. The molecule has 68 valence electrons. The second-order valence-electron chi connectivity index (χ2n) is 2.64. The number of alkyl halides is 1. The van der Waals surface area contributed by atoms with Crippen molar-refractivity contribution in [1.82, 2.24) is 4.98 Å². The van der Waals surface area contributed by atoms with Crippen molar-refractivity contribution in [3.05, 3.63) is 23.4 Å². The predicted molar refractivity (Wildman–Crippen MR) is 58.7 cm³/mol. The zero-order valence-electron chi connectivity index (χ0n) is 7.47. The summed E-state index contributed by atoms with van der Waals surface area (Å²) in [6.45, 7) is 1.98. The highest BCUT2D eigenvalue weighted by Crippen LogP contribution is 2.05. The first-order valence-electron chi connectivity index (χ1n) is 4.02. The van der Waals surface area contributed by atoms with E-state index in [4.69, 9.17) is 5.73 Å². The number of halogens is 1. The van der Waals surface area contributed by atoms with Gasteiger partial charge in [0.1, 0.15) is 11.5 Å². The summed E-state index contributed by atoms with van der Waals surface area (Å²) in [7, 11) is 0. The number of nitrogen functional groups attached to an aromatic ring is 1. The van der Waals surface area contributed by atoms with E-state index < -0.39 is 0 Å². The minimum absolute atomic E-state index is 0.522. The molecule has 1 heterocycles. The first-order valence-corrected chi connectivity index (χ1v) is 5.14. The van der Waals surface area contributed by atoms with Crippen LogP contribution >= 0.6 is 15.9 Å². The summed E-state index contributed by atoms with van der Waals surface area (Å²) in [5.41, 5.74) is 7.39. The predicted octanol–water partition coefficient (Wildman–Crippen LogP) is 2.11. The lowest BCUT2D eigenvalue weighted by Crippen LogP contribution is -1.94. The first kappa shape index (κ1) is 10.1. The Morgan fingerprint density at radius 3 is 3.00 bits per heavy atom. The van der Waals surface area contributed by atoms with Crippen LogP contribution in [-0.4, -0.2) is 10.3 Å². The van der Waals surface area contributed by atoms with E-state index in [0.717, 1.165) is 23.0 Å². The average molecular weight is 239 g/mol. The molecule has 1 rings (SSSR count). The topological polar surface area (TPSA) is 38.9 Å². The van der Waals surface area contributed by atoms with E-state index in [-0.39, 0.29) is 0 Å². The van der Waals surface area contributed by atoms with Gasteiger partial charge in [-0.2, -0.15) is 0 Å². The highest BCUT2D eigenvalue weighted by Gasteiger charge is 1.95. The fourth-order valence-corrected chi connectivity index (χ4v) is 1.06. The second-order valence-corrected chi connectivity index (χ2v) is 3.44. The van der Waals surface area contributed by atoms with Gasteiger partial charge in [0.2, 0.25) is 0 Å². The maximum Gasteiger partial charge on any atom is 0.124 e. The van der Waals surface area contributed by atoms with Crippen LogP contribution in [0.25, 0.3) is 0 Å². The van der Waals surface area contributed by atoms with Crippen LogP contribution in [0, 0.1) is 18.8 Å². The molecule has 3 heteroatoms. The second kappa shape index (κ2) is 4.88. The van der Waals surface area contributed by atoms with Gasteiger partial charge in [0.05, 0.1) is 0 Å². The van der Waals surface area contributed by atoms with Crippen molar-refractivity contribution in [2.24, 2.45) is 0 Å². The highest BCUT2D eigenvalue weighted by molar-refractivity contribution is 9.09. The van der Waals surface area contributed by atoms with Crippen LogP contribution in [0.4, 0.5) is 5.82 Å². The number of aromatic nitrogens is 1. The lowest BCUT2D eigenvalue weighted by molar-refractivity contribution is 1.23. The minimum Gasteiger partial charge on any atom is -0.384 e. The third kappa shape index (κ3) is 3.08. The molecule has 0 fully saturated rings. The summed E-state index contributed by atoms with van der Waals surface area (Å²) in [5.74, 6) is 6.51. The average Bonchev–Trinajstić information content (AvgIpc) is 2.11. The van der Waals surface area contributed by atoms with Crippen molar-refractivity contribution >= 4 is 21.7 Å². The normalized spacial score (nSPS) is 9.08. The zero-order valence-corrected chi connectivity index (χ0v) is 9.06. The lowest BCUT2D eigenvalue weighted by atomic mass is 10.2. The van der Waals surface area contributed by atoms with Crippen molar-refractivity contribution in [3.8, 4) is 11.8 Å². The van der Waals surface area contributed by atoms with E-state index in [1.54, 1.807) is 6.07 Å². The maximum atomic E-state index is 5.54. The Bertz CT molecular complexity index is 350. The number of hydrogen-bond acceptors (Lipinski definition) is 2. The third-order valence-electron chi connectivity index (χ3n) is 1.54. The molecule has 0 atom stereocenters. The summed E-state index contributed by atoms with van der Waals surface area (Å²) in [5, 5.41) is 0.890. The molecule has 1 aromatic rings. The Labute approximate surface area is 86.7 Å². The number of rotatable bonds is 1. The van der Waals surface area contributed by atoms with E-state index in [9.17, 15) is 0 Å². The molecule has 0 saturated carbocycles. The van der Waals surface area contributed by atoms with Crippen molar-refractivity contribution in [2.75, 3.05) is 11.1 Å². The zero-order chi connectivity index (χ0) is 9.68. The fourth-order valence-electron chi connectivity index (χ4n) is 0.864. The molecule has 0 aliphatic carbocycles. The van der Waals surface area contributed by atoms with Gasteiger partial charge in [0, 0.05) is 11.8 Å². The monoisotopic (exact) mass is 238 g/mol. The molecule has 0 aromatic carbocycles. The van der Waals surface area contributed by atoms with Gasteiger partial charge in [-0.05, 0) is 24.5 Å². The highest BCUT2D eigenvalue weighted by atomic mass is 79.9. The Hall–Kier alpha value is -1.01. The van der Waals surface area contributed by atoms with E-state index in [1.807, 2.05) is 13.0 Å². The van der Waals surface area contributed by atoms with E-state index in [1.165, 1.54) is 0 Å². The van der Waals surface area contributed by atoms with Gasteiger partial charge in [0.25, 0.3) is 0 Å². The first-order chi connectivity index (χ1) is 6.24. The van der Waals surface area contributed by atoms with Crippen LogP contribution in [0.15, 0.2) is 12.1 Å². The van der Waals surface area contributed by atoms with Crippen LogP contribution < -0.4 is 5.73 Å². The third-order valence-corrected chi connectivity index (χ3v) is 1.94. The number of nitrogens with zero attached hydrogens (tertiary/aromatic N) is 1. The number of aryl methyl sites for hydroxylation is 1. The molecule has 0 unspecified atom stereocenters. The van der Waals surface area contributed by atoms with Gasteiger partial charge in [-0.1, -0.05) is 27.9 Å². The van der Waals surface area contributed by atoms with Gasteiger partial charge >= 0.3 is 0 Å². The smallest absolute Gasteiger partial charge is 0.124 e. The molecule has 0 radical (unpaired) electrons. The molecule has 0 saturated heterocycles. The van der Waals surface area contributed by atoms with Gasteiger partial charge in [-0.15, -0.1) is 0 Å². The molecule has 13 heavy (non-hydrogen) atoms. The van der Waals surface area contributed by atoms with Crippen LogP contribution in [0.3, 0.4) is 0 Å². The van der Waals surface area contributed by atoms with Crippen LogP contribution in [0.1, 0.15) is 17.7 Å². The Morgan fingerprint density at radius 2 is 2.31 bits per heavy atom. The molecular formula is C10H11BrN2. The Balaban J connectivity index is 2.89. The molecule has 0 aliphatic heterocycles. The van der Waals surface area contributed by atoms with Gasteiger partial charge in [-0.3, -0.25) is 0 Å². The van der Waals surface area contributed by atoms with Crippen LogP contribution in [-0.2, 0) is 0 Å². The summed E-state index contributed by atoms with van der Waals surface area (Å²) in [6.07, 6.45) is 0.829. The largest absolute Gasteiger partial charge is 0.384 e. The molecule has 0 spiro atoms. The molecule has 0 aliphatic rings. The molecule has 2 nitrogen and oxygen atoms in total. The molecule has 1 aromatic heterocycles. The summed E-state index contributed by atoms with van der Waals surface area (Å²) in [6, 6.07) is 3.71. The Morgan fingerprint density at radius 1 is 1.54 bits per heavy atom. The quantitative estimate of drug-likeness (QED) is 0.602. The lowest BCUT2D eigenvalue weighted by Gasteiger charge is -1.97. The van der Waals surface area contributed by atoms with Crippen molar-refractivity contribution in [1.29, 1.82) is 0 Å². The summed E-state index contributed by atoms with van der Waals surface area (Å²) < 4.78 is 0. The molecule has 0 amide bonds. The van der Waals surface area contributed by atoms with Crippen molar-refractivity contribution in [2.45, 2.75) is 13.3 Å². The van der Waals surface area contributed by atoms with Crippen LogP contribution in [0.2, 0.25) is 0 Å². The standard InChI is InChI=1S/C10H11BrN2/c1-8-5-6-10(12)13-9(8)4-2-3-7-11/h5-6H,3,7H2,1H3,(H2,12,13). The van der Waals surface area contributed by atoms with Crippen molar-refractivity contribution < 1.29 is 0 Å². The molecule has 2 N–H and O–H groups in total. The molecular weight excluding hydrogens is 228 g/mol. The number of pyridine rings is 1. The van der Waals surface area contributed by atoms with Gasteiger partial charge in [0.15, 0.2) is 0 Å². The molecule has 0 bridgehead atoms. The number of nitrogens with two attached hydrogens (primary N) is 1. The van der Waals surface area contributed by atoms with Gasteiger partial charge < -0.3 is 5.73 Å².